The predicted octanol–water partition coefficient (Wildman–Crippen LogP) is -0.226. The molecule has 2 rings (SSSR count). The molecule has 1 N–H and O–H groups in total. The second-order valence-corrected chi connectivity index (χ2v) is 8.23. The molecule has 2 heterocycles. The molecule has 98 valence electrons. The van der Waals surface area contributed by atoms with Crippen LogP contribution in [0.3, 0.4) is 0 Å². The lowest BCUT2D eigenvalue weighted by Crippen LogP contribution is -2.57. The molecule has 0 aliphatic carbocycles. The maximum atomic E-state index is 12.2. The summed E-state index contributed by atoms with van der Waals surface area (Å²) in [4.78, 5) is 13.9. The number of sulfone groups is 1. The van der Waals surface area contributed by atoms with Crippen LogP contribution in [0.25, 0.3) is 0 Å². The van der Waals surface area contributed by atoms with Crippen LogP contribution < -0.4 is 5.32 Å². The van der Waals surface area contributed by atoms with Crippen molar-refractivity contribution in [2.75, 3.05) is 25.4 Å². The molecule has 1 unspecified atom stereocenters. The van der Waals surface area contributed by atoms with Crippen molar-refractivity contribution in [3.05, 3.63) is 0 Å². The Hall–Kier alpha value is -0.620. The van der Waals surface area contributed by atoms with Crippen molar-refractivity contribution in [3.8, 4) is 0 Å². The van der Waals surface area contributed by atoms with Crippen molar-refractivity contribution < 1.29 is 13.2 Å². The van der Waals surface area contributed by atoms with Gasteiger partial charge in [0.1, 0.15) is 0 Å². The fourth-order valence-electron chi connectivity index (χ4n) is 2.45. The molecule has 2 aliphatic heterocycles. The van der Waals surface area contributed by atoms with E-state index in [2.05, 4.69) is 5.32 Å². The number of nitrogens with zero attached hydrogens (tertiary/aromatic N) is 1. The Morgan fingerprint density at radius 2 is 2.12 bits per heavy atom. The van der Waals surface area contributed by atoms with Gasteiger partial charge in [0.05, 0.1) is 16.5 Å². The fourth-order valence-corrected chi connectivity index (χ4v) is 3.81. The second kappa shape index (κ2) is 4.24. The van der Waals surface area contributed by atoms with Crippen molar-refractivity contribution in [2.24, 2.45) is 0 Å². The van der Waals surface area contributed by atoms with Crippen LogP contribution in [0.15, 0.2) is 0 Å². The van der Waals surface area contributed by atoms with Crippen molar-refractivity contribution in [3.63, 3.8) is 0 Å². The SMILES string of the molecule is CC1(C)CN(C(=O)C2CCCN2)CCS1(=O)=O. The van der Waals surface area contributed by atoms with E-state index in [0.29, 0.717) is 13.1 Å². The molecule has 5 nitrogen and oxygen atoms in total. The van der Waals surface area contributed by atoms with Gasteiger partial charge in [-0.05, 0) is 33.2 Å². The summed E-state index contributed by atoms with van der Waals surface area (Å²) in [6, 6.07) is -0.105. The smallest absolute Gasteiger partial charge is 0.239 e. The van der Waals surface area contributed by atoms with Gasteiger partial charge in [0.25, 0.3) is 0 Å². The number of carbonyl (C=O) groups is 1. The van der Waals surface area contributed by atoms with Gasteiger partial charge in [0.15, 0.2) is 9.84 Å². The highest BCUT2D eigenvalue weighted by Gasteiger charge is 2.42. The summed E-state index contributed by atoms with van der Waals surface area (Å²) in [5.74, 6) is 0.142. The molecule has 0 aromatic carbocycles. The van der Waals surface area contributed by atoms with Crippen LogP contribution in [0.5, 0.6) is 0 Å². The first-order chi connectivity index (χ1) is 7.83. The molecule has 2 fully saturated rings. The second-order valence-electron chi connectivity index (χ2n) is 5.49. The van der Waals surface area contributed by atoms with Gasteiger partial charge in [0.2, 0.25) is 5.91 Å². The molecule has 0 radical (unpaired) electrons. The van der Waals surface area contributed by atoms with Crippen molar-refractivity contribution in [1.29, 1.82) is 0 Å². The molecule has 0 saturated carbocycles. The van der Waals surface area contributed by atoms with E-state index in [9.17, 15) is 13.2 Å². The monoisotopic (exact) mass is 260 g/mol. The van der Waals surface area contributed by atoms with E-state index in [1.807, 2.05) is 0 Å². The summed E-state index contributed by atoms with van der Waals surface area (Å²) in [6.07, 6.45) is 1.88. The minimum absolute atomic E-state index is 0.0606. The quantitative estimate of drug-likeness (QED) is 0.707. The van der Waals surface area contributed by atoms with E-state index >= 15 is 0 Å². The average molecular weight is 260 g/mol. The number of nitrogens with one attached hydrogen (secondary N) is 1. The summed E-state index contributed by atoms with van der Waals surface area (Å²) in [7, 11) is -3.07. The molecule has 1 amide bonds. The molecule has 0 spiro atoms. The van der Waals surface area contributed by atoms with E-state index < -0.39 is 14.6 Å². The van der Waals surface area contributed by atoms with Gasteiger partial charge in [-0.3, -0.25) is 4.79 Å². The third-order valence-corrected chi connectivity index (χ3v) is 6.25. The van der Waals surface area contributed by atoms with E-state index in [1.54, 1.807) is 18.7 Å². The number of amides is 1. The Balaban J connectivity index is 2.07. The van der Waals surface area contributed by atoms with E-state index in [-0.39, 0.29) is 17.7 Å². The maximum absolute atomic E-state index is 12.2. The standard InChI is InChI=1S/C11H20N2O3S/c1-11(2)8-13(6-7-17(11,15)16)10(14)9-4-3-5-12-9/h9,12H,3-8H2,1-2H3. The normalized spacial score (nSPS) is 31.4. The molecule has 17 heavy (non-hydrogen) atoms. The largest absolute Gasteiger partial charge is 0.339 e. The predicted molar refractivity (Wildman–Crippen MR) is 65.5 cm³/mol. The molecule has 0 aromatic rings. The number of hydrogen-bond acceptors (Lipinski definition) is 4. The first kappa shape index (κ1) is 12.8. The highest BCUT2D eigenvalue weighted by molar-refractivity contribution is 7.92. The molecular formula is C11H20N2O3S. The summed E-state index contributed by atoms with van der Waals surface area (Å²) in [5.41, 5.74) is 0. The van der Waals surface area contributed by atoms with Gasteiger partial charge in [-0.25, -0.2) is 8.42 Å². The molecule has 0 aromatic heterocycles. The zero-order valence-electron chi connectivity index (χ0n) is 10.4. The summed E-state index contributed by atoms with van der Waals surface area (Å²) in [6.45, 7) is 4.93. The van der Waals surface area contributed by atoms with Crippen LogP contribution in [-0.2, 0) is 14.6 Å². The van der Waals surface area contributed by atoms with Crippen LogP contribution in [0.1, 0.15) is 26.7 Å². The summed E-state index contributed by atoms with van der Waals surface area (Å²) in [5, 5.41) is 3.16. The molecule has 6 heteroatoms. The van der Waals surface area contributed by atoms with Gasteiger partial charge >= 0.3 is 0 Å². The highest BCUT2D eigenvalue weighted by Crippen LogP contribution is 2.24. The maximum Gasteiger partial charge on any atom is 0.239 e. The summed E-state index contributed by atoms with van der Waals surface area (Å²) < 4.78 is 22.9. The Bertz CT molecular complexity index is 410. The molecule has 2 aliphatic rings. The number of hydrogen-bond donors (Lipinski definition) is 1. The van der Waals surface area contributed by atoms with Gasteiger partial charge in [0, 0.05) is 13.1 Å². The first-order valence-corrected chi connectivity index (χ1v) is 7.73. The lowest BCUT2D eigenvalue weighted by Gasteiger charge is -2.38. The number of rotatable bonds is 1. The third-order valence-electron chi connectivity index (χ3n) is 3.71. The van der Waals surface area contributed by atoms with Gasteiger partial charge < -0.3 is 10.2 Å². The fraction of sp³-hybridized carbons (Fsp3) is 0.909. The molecule has 0 bridgehead atoms. The summed E-state index contributed by atoms with van der Waals surface area (Å²) >= 11 is 0. The van der Waals surface area contributed by atoms with Crippen molar-refractivity contribution >= 4 is 15.7 Å². The Kier molecular flexibility index (Phi) is 3.20. The Morgan fingerprint density at radius 1 is 1.41 bits per heavy atom. The van der Waals surface area contributed by atoms with Crippen LogP contribution in [0, 0.1) is 0 Å². The van der Waals surface area contributed by atoms with E-state index in [4.69, 9.17) is 0 Å². The minimum atomic E-state index is -3.07. The topological polar surface area (TPSA) is 66.5 Å². The molecule has 2 saturated heterocycles. The first-order valence-electron chi connectivity index (χ1n) is 6.08. The van der Waals surface area contributed by atoms with Crippen molar-refractivity contribution in [1.82, 2.24) is 10.2 Å². The van der Waals surface area contributed by atoms with Crippen LogP contribution >= 0.6 is 0 Å². The zero-order valence-corrected chi connectivity index (χ0v) is 11.2. The van der Waals surface area contributed by atoms with E-state index in [0.717, 1.165) is 19.4 Å². The zero-order chi connectivity index (χ0) is 12.7. The molecule has 1 atom stereocenters. The lowest BCUT2D eigenvalue weighted by molar-refractivity contribution is -0.133. The lowest BCUT2D eigenvalue weighted by atomic mass is 10.1. The van der Waals surface area contributed by atoms with Crippen LogP contribution in [0.4, 0.5) is 0 Å². The van der Waals surface area contributed by atoms with Crippen LogP contribution in [-0.4, -0.2) is 55.4 Å². The Labute approximate surface area is 102 Å². The van der Waals surface area contributed by atoms with E-state index in [1.165, 1.54) is 0 Å². The van der Waals surface area contributed by atoms with Gasteiger partial charge in [-0.15, -0.1) is 0 Å². The number of carbonyl (C=O) groups excluding carboxylic acids is 1. The average Bonchev–Trinajstić information content (AvgIpc) is 2.74. The highest BCUT2D eigenvalue weighted by atomic mass is 32.2. The molecular weight excluding hydrogens is 240 g/mol. The third kappa shape index (κ3) is 2.33. The Morgan fingerprint density at radius 3 is 2.65 bits per heavy atom. The van der Waals surface area contributed by atoms with Crippen molar-refractivity contribution in [2.45, 2.75) is 37.5 Å². The van der Waals surface area contributed by atoms with Gasteiger partial charge in [-0.1, -0.05) is 0 Å². The van der Waals surface area contributed by atoms with Gasteiger partial charge in [-0.2, -0.15) is 0 Å². The van der Waals surface area contributed by atoms with Crippen LogP contribution in [0.2, 0.25) is 0 Å². The minimum Gasteiger partial charge on any atom is -0.339 e.